The van der Waals surface area contributed by atoms with Crippen molar-refractivity contribution in [2.24, 2.45) is 10.7 Å². The SMILES string of the molecule is NC(=O)C1=NCCS1. The summed E-state index contributed by atoms with van der Waals surface area (Å²) in [6.07, 6.45) is 0. The monoisotopic (exact) mass is 130 g/mol. The second-order valence-electron chi connectivity index (χ2n) is 1.40. The van der Waals surface area contributed by atoms with E-state index in [1.807, 2.05) is 0 Å². The Labute approximate surface area is 51.3 Å². The number of carbonyl (C=O) groups excluding carboxylic acids is 1. The summed E-state index contributed by atoms with van der Waals surface area (Å²) in [5.41, 5.74) is 4.91. The quantitative estimate of drug-likeness (QED) is 0.526. The molecule has 0 aromatic rings. The molecule has 0 atom stereocenters. The summed E-state index contributed by atoms with van der Waals surface area (Å²) >= 11 is 1.43. The van der Waals surface area contributed by atoms with E-state index in [1.165, 1.54) is 11.8 Å². The Balaban J connectivity index is 2.57. The normalized spacial score (nSPS) is 18.2. The smallest absolute Gasteiger partial charge is 0.273 e. The number of nitrogens with zero attached hydrogens (tertiary/aromatic N) is 1. The molecule has 1 aliphatic rings. The Morgan fingerprint density at radius 1 is 1.88 bits per heavy atom. The van der Waals surface area contributed by atoms with Crippen molar-refractivity contribution in [1.82, 2.24) is 0 Å². The van der Waals surface area contributed by atoms with Gasteiger partial charge in [0.2, 0.25) is 0 Å². The maximum absolute atomic E-state index is 10.3. The third kappa shape index (κ3) is 1.01. The van der Waals surface area contributed by atoms with E-state index in [0.717, 1.165) is 12.3 Å². The molecule has 0 saturated heterocycles. The number of thioether (sulfide) groups is 1. The van der Waals surface area contributed by atoms with Crippen molar-refractivity contribution in [2.45, 2.75) is 0 Å². The van der Waals surface area contributed by atoms with Crippen LogP contribution in [0.4, 0.5) is 0 Å². The van der Waals surface area contributed by atoms with E-state index in [9.17, 15) is 4.79 Å². The second kappa shape index (κ2) is 2.17. The highest BCUT2D eigenvalue weighted by Crippen LogP contribution is 2.09. The van der Waals surface area contributed by atoms with Gasteiger partial charge in [-0.15, -0.1) is 0 Å². The Bertz CT molecular complexity index is 143. The van der Waals surface area contributed by atoms with Crippen LogP contribution in [-0.4, -0.2) is 23.2 Å². The highest BCUT2D eigenvalue weighted by atomic mass is 32.2. The molecule has 0 spiro atoms. The van der Waals surface area contributed by atoms with Crippen LogP contribution in [0.25, 0.3) is 0 Å². The largest absolute Gasteiger partial charge is 0.364 e. The van der Waals surface area contributed by atoms with E-state index in [2.05, 4.69) is 4.99 Å². The fraction of sp³-hybridized carbons (Fsp3) is 0.500. The zero-order valence-electron chi connectivity index (χ0n) is 4.26. The molecule has 8 heavy (non-hydrogen) atoms. The Hall–Kier alpha value is -0.510. The lowest BCUT2D eigenvalue weighted by Crippen LogP contribution is -2.18. The number of hydrogen-bond acceptors (Lipinski definition) is 3. The highest BCUT2D eigenvalue weighted by Gasteiger charge is 2.11. The predicted octanol–water partition coefficient (Wildman–Crippen LogP) is -0.383. The van der Waals surface area contributed by atoms with E-state index >= 15 is 0 Å². The Kier molecular flexibility index (Phi) is 1.53. The minimum atomic E-state index is -0.396. The van der Waals surface area contributed by atoms with Gasteiger partial charge in [-0.1, -0.05) is 11.8 Å². The predicted molar refractivity (Wildman–Crippen MR) is 34.0 cm³/mol. The molecule has 0 fully saturated rings. The van der Waals surface area contributed by atoms with Gasteiger partial charge in [-0.3, -0.25) is 9.79 Å². The van der Waals surface area contributed by atoms with Gasteiger partial charge in [-0.25, -0.2) is 0 Å². The van der Waals surface area contributed by atoms with E-state index in [0.29, 0.717) is 5.04 Å². The minimum Gasteiger partial charge on any atom is -0.364 e. The summed E-state index contributed by atoms with van der Waals surface area (Å²) in [6.45, 7) is 0.739. The van der Waals surface area contributed by atoms with Crippen molar-refractivity contribution < 1.29 is 4.79 Å². The number of carbonyl (C=O) groups is 1. The minimum absolute atomic E-state index is 0.396. The molecule has 1 aliphatic heterocycles. The molecule has 1 heterocycles. The maximum Gasteiger partial charge on any atom is 0.273 e. The highest BCUT2D eigenvalue weighted by molar-refractivity contribution is 8.16. The molecule has 1 rings (SSSR count). The van der Waals surface area contributed by atoms with Crippen molar-refractivity contribution in [3.8, 4) is 0 Å². The molecule has 0 aliphatic carbocycles. The first-order valence-corrected chi connectivity index (χ1v) is 3.26. The van der Waals surface area contributed by atoms with Crippen molar-refractivity contribution in [2.75, 3.05) is 12.3 Å². The maximum atomic E-state index is 10.3. The van der Waals surface area contributed by atoms with Gasteiger partial charge in [0.25, 0.3) is 5.91 Å². The summed E-state index contributed by atoms with van der Waals surface area (Å²) in [5, 5.41) is 0.477. The molecule has 3 nitrogen and oxygen atoms in total. The van der Waals surface area contributed by atoms with Crippen molar-refractivity contribution in [3.05, 3.63) is 0 Å². The van der Waals surface area contributed by atoms with E-state index in [-0.39, 0.29) is 0 Å². The summed E-state index contributed by atoms with van der Waals surface area (Å²) in [7, 11) is 0. The van der Waals surface area contributed by atoms with Crippen LogP contribution in [0.15, 0.2) is 4.99 Å². The summed E-state index contributed by atoms with van der Waals surface area (Å²) < 4.78 is 0. The lowest BCUT2D eigenvalue weighted by molar-refractivity contribution is -0.111. The zero-order valence-corrected chi connectivity index (χ0v) is 5.07. The average Bonchev–Trinajstić information content (AvgIpc) is 2.12. The van der Waals surface area contributed by atoms with Gasteiger partial charge in [0, 0.05) is 12.3 Å². The van der Waals surface area contributed by atoms with E-state index < -0.39 is 5.91 Å². The molecule has 2 N–H and O–H groups in total. The van der Waals surface area contributed by atoms with Gasteiger partial charge >= 0.3 is 0 Å². The molecule has 0 saturated carbocycles. The second-order valence-corrected chi connectivity index (χ2v) is 2.48. The van der Waals surface area contributed by atoms with Crippen LogP contribution in [0.2, 0.25) is 0 Å². The van der Waals surface area contributed by atoms with Crippen LogP contribution < -0.4 is 5.73 Å². The number of rotatable bonds is 1. The van der Waals surface area contributed by atoms with Crippen molar-refractivity contribution in [3.63, 3.8) is 0 Å². The van der Waals surface area contributed by atoms with Crippen LogP contribution in [-0.2, 0) is 4.79 Å². The molecular weight excluding hydrogens is 124 g/mol. The topological polar surface area (TPSA) is 55.5 Å². The Morgan fingerprint density at radius 3 is 2.88 bits per heavy atom. The van der Waals surface area contributed by atoms with E-state index in [4.69, 9.17) is 5.73 Å². The summed E-state index contributed by atoms with van der Waals surface area (Å²) in [4.78, 5) is 14.1. The number of nitrogens with two attached hydrogens (primary N) is 1. The molecule has 44 valence electrons. The van der Waals surface area contributed by atoms with Crippen LogP contribution in [0.5, 0.6) is 0 Å². The van der Waals surface area contributed by atoms with Crippen LogP contribution in [0.1, 0.15) is 0 Å². The number of amides is 1. The van der Waals surface area contributed by atoms with Gasteiger partial charge in [0.1, 0.15) is 0 Å². The molecule has 0 bridgehead atoms. The van der Waals surface area contributed by atoms with Crippen LogP contribution >= 0.6 is 11.8 Å². The fourth-order valence-corrected chi connectivity index (χ4v) is 1.18. The van der Waals surface area contributed by atoms with Crippen LogP contribution in [0, 0.1) is 0 Å². The lowest BCUT2D eigenvalue weighted by atomic mass is 10.7. The molecule has 1 amide bonds. The van der Waals surface area contributed by atoms with Gasteiger partial charge in [0.05, 0.1) is 0 Å². The average molecular weight is 130 g/mol. The molecular formula is C4H6N2OS. The first-order chi connectivity index (χ1) is 3.80. The van der Waals surface area contributed by atoms with Crippen LogP contribution in [0.3, 0.4) is 0 Å². The summed E-state index contributed by atoms with van der Waals surface area (Å²) in [5.74, 6) is 0.505. The van der Waals surface area contributed by atoms with Gasteiger partial charge < -0.3 is 5.73 Å². The van der Waals surface area contributed by atoms with Gasteiger partial charge in [-0.05, 0) is 0 Å². The first-order valence-electron chi connectivity index (χ1n) is 2.28. The zero-order chi connectivity index (χ0) is 5.98. The summed E-state index contributed by atoms with van der Waals surface area (Å²) in [6, 6.07) is 0. The third-order valence-electron chi connectivity index (χ3n) is 0.796. The molecule has 0 unspecified atom stereocenters. The lowest BCUT2D eigenvalue weighted by Gasteiger charge is -1.85. The molecule has 0 aromatic carbocycles. The number of aliphatic imine (C=N–C) groups is 1. The molecule has 0 aromatic heterocycles. The molecule has 0 radical (unpaired) electrons. The number of hydrogen-bond donors (Lipinski definition) is 1. The first kappa shape index (κ1) is 5.62. The fourth-order valence-electron chi connectivity index (χ4n) is 0.484. The van der Waals surface area contributed by atoms with E-state index in [1.54, 1.807) is 0 Å². The van der Waals surface area contributed by atoms with Gasteiger partial charge in [0.15, 0.2) is 5.04 Å². The van der Waals surface area contributed by atoms with Gasteiger partial charge in [-0.2, -0.15) is 0 Å². The molecule has 4 heteroatoms. The Morgan fingerprint density at radius 2 is 2.62 bits per heavy atom. The number of primary amides is 1. The van der Waals surface area contributed by atoms with Crippen molar-refractivity contribution >= 4 is 22.7 Å². The third-order valence-corrected chi connectivity index (χ3v) is 1.79. The standard InChI is InChI=1S/C4H6N2OS/c5-3(7)4-6-1-2-8-4/h1-2H2,(H2,5,7). The van der Waals surface area contributed by atoms with Crippen molar-refractivity contribution in [1.29, 1.82) is 0 Å².